The number of hydrogen-bond acceptors (Lipinski definition) is 2. The second-order valence-electron chi connectivity index (χ2n) is 3.31. The molecule has 0 radical (unpaired) electrons. The van der Waals surface area contributed by atoms with Gasteiger partial charge in [-0.3, -0.25) is 4.79 Å². The minimum atomic E-state index is -0.304. The Morgan fingerprint density at radius 2 is 2.23 bits per heavy atom. The van der Waals surface area contributed by atoms with Gasteiger partial charge in [-0.25, -0.2) is 0 Å². The summed E-state index contributed by atoms with van der Waals surface area (Å²) in [5.41, 5.74) is 1.93. The van der Waals surface area contributed by atoms with Crippen molar-refractivity contribution in [3.05, 3.63) is 29.3 Å². The number of Topliss-reactive ketones (excluding diaryl/α,β-unsaturated/α-hetero) is 1. The van der Waals surface area contributed by atoms with Crippen LogP contribution in [0.1, 0.15) is 29.8 Å². The van der Waals surface area contributed by atoms with Crippen molar-refractivity contribution < 1.29 is 9.53 Å². The summed E-state index contributed by atoms with van der Waals surface area (Å²) >= 11 is 0. The molecule has 1 atom stereocenters. The van der Waals surface area contributed by atoms with Gasteiger partial charge in [-0.1, -0.05) is 13.0 Å². The van der Waals surface area contributed by atoms with E-state index >= 15 is 0 Å². The molecule has 1 heterocycles. The molecule has 2 nitrogen and oxygen atoms in total. The summed E-state index contributed by atoms with van der Waals surface area (Å²) in [5, 5.41) is 0. The summed E-state index contributed by atoms with van der Waals surface area (Å²) in [6, 6.07) is 5.82. The first-order valence-electron chi connectivity index (χ1n) is 4.56. The Morgan fingerprint density at radius 1 is 1.46 bits per heavy atom. The average Bonchev–Trinajstić information content (AvgIpc) is 2.43. The van der Waals surface area contributed by atoms with Crippen molar-refractivity contribution in [2.75, 3.05) is 0 Å². The number of benzene rings is 1. The highest BCUT2D eigenvalue weighted by Gasteiger charge is 2.28. The zero-order valence-corrected chi connectivity index (χ0v) is 7.83. The van der Waals surface area contributed by atoms with Gasteiger partial charge in [0, 0.05) is 0 Å². The van der Waals surface area contributed by atoms with E-state index in [1.807, 2.05) is 18.2 Å². The van der Waals surface area contributed by atoms with Gasteiger partial charge >= 0.3 is 0 Å². The van der Waals surface area contributed by atoms with Gasteiger partial charge in [-0.05, 0) is 31.0 Å². The number of carbonyl (C=O) groups excluding carboxylic acids is 1. The highest BCUT2D eigenvalue weighted by molar-refractivity contribution is 6.04. The SMILES string of the molecule is CCc1ccc2c(c1)C(=O)C(C)O2. The first-order chi connectivity index (χ1) is 6.22. The number of ether oxygens (including phenoxy) is 1. The van der Waals surface area contributed by atoms with E-state index in [-0.39, 0.29) is 11.9 Å². The number of aryl methyl sites for hydroxylation is 1. The molecule has 1 aromatic carbocycles. The molecule has 13 heavy (non-hydrogen) atoms. The molecule has 1 aliphatic heterocycles. The molecule has 1 aliphatic rings. The number of ketones is 1. The molecule has 2 heteroatoms. The predicted octanol–water partition coefficient (Wildman–Crippen LogP) is 2.21. The second kappa shape index (κ2) is 2.87. The first-order valence-corrected chi connectivity index (χ1v) is 4.56. The topological polar surface area (TPSA) is 26.3 Å². The minimum absolute atomic E-state index is 0.102. The second-order valence-corrected chi connectivity index (χ2v) is 3.31. The summed E-state index contributed by atoms with van der Waals surface area (Å²) < 4.78 is 5.37. The Hall–Kier alpha value is -1.31. The minimum Gasteiger partial charge on any atom is -0.482 e. The zero-order valence-electron chi connectivity index (χ0n) is 7.83. The van der Waals surface area contributed by atoms with E-state index in [0.717, 1.165) is 17.7 Å². The molecule has 68 valence electrons. The maximum atomic E-state index is 11.5. The van der Waals surface area contributed by atoms with E-state index in [1.165, 1.54) is 5.56 Å². The maximum absolute atomic E-state index is 11.5. The van der Waals surface area contributed by atoms with Gasteiger partial charge in [0.2, 0.25) is 5.78 Å². The number of rotatable bonds is 1. The van der Waals surface area contributed by atoms with Crippen LogP contribution < -0.4 is 4.74 Å². The van der Waals surface area contributed by atoms with E-state index in [0.29, 0.717) is 0 Å². The average molecular weight is 176 g/mol. The molecule has 0 aliphatic carbocycles. The van der Waals surface area contributed by atoms with Crippen LogP contribution in [0.3, 0.4) is 0 Å². The normalized spacial score (nSPS) is 19.8. The van der Waals surface area contributed by atoms with Crippen LogP contribution in [-0.2, 0) is 6.42 Å². The van der Waals surface area contributed by atoms with Crippen molar-refractivity contribution in [3.8, 4) is 5.75 Å². The van der Waals surface area contributed by atoms with Gasteiger partial charge in [-0.2, -0.15) is 0 Å². The summed E-state index contributed by atoms with van der Waals surface area (Å²) in [6.07, 6.45) is 0.650. The fourth-order valence-corrected chi connectivity index (χ4v) is 1.56. The largest absolute Gasteiger partial charge is 0.482 e. The van der Waals surface area contributed by atoms with Crippen LogP contribution in [0.4, 0.5) is 0 Å². The van der Waals surface area contributed by atoms with E-state index in [2.05, 4.69) is 6.92 Å². The van der Waals surface area contributed by atoms with Crippen molar-refractivity contribution >= 4 is 5.78 Å². The standard InChI is InChI=1S/C11H12O2/c1-3-8-4-5-10-9(6-8)11(12)7(2)13-10/h4-7H,3H2,1-2H3. The zero-order chi connectivity index (χ0) is 9.42. The van der Waals surface area contributed by atoms with Crippen LogP contribution in [0.25, 0.3) is 0 Å². The molecule has 0 spiro atoms. The van der Waals surface area contributed by atoms with Gasteiger partial charge in [0.05, 0.1) is 5.56 Å². The Morgan fingerprint density at radius 3 is 2.92 bits per heavy atom. The van der Waals surface area contributed by atoms with E-state index in [4.69, 9.17) is 4.74 Å². The van der Waals surface area contributed by atoms with Gasteiger partial charge < -0.3 is 4.74 Å². The van der Waals surface area contributed by atoms with E-state index in [9.17, 15) is 4.79 Å². The highest BCUT2D eigenvalue weighted by Crippen LogP contribution is 2.29. The Bertz CT molecular complexity index is 355. The molecule has 0 saturated carbocycles. The van der Waals surface area contributed by atoms with Crippen LogP contribution in [0.2, 0.25) is 0 Å². The number of carbonyl (C=O) groups is 1. The van der Waals surface area contributed by atoms with Crippen LogP contribution in [0, 0.1) is 0 Å². The third-order valence-corrected chi connectivity index (χ3v) is 2.39. The molecular weight excluding hydrogens is 164 g/mol. The maximum Gasteiger partial charge on any atom is 0.206 e. The summed E-state index contributed by atoms with van der Waals surface area (Å²) in [6.45, 7) is 3.86. The van der Waals surface area contributed by atoms with Crippen molar-refractivity contribution in [3.63, 3.8) is 0 Å². The lowest BCUT2D eigenvalue weighted by molar-refractivity contribution is 0.0878. The van der Waals surface area contributed by atoms with Gasteiger partial charge in [-0.15, -0.1) is 0 Å². The van der Waals surface area contributed by atoms with E-state index in [1.54, 1.807) is 6.92 Å². The van der Waals surface area contributed by atoms with Gasteiger partial charge in [0.1, 0.15) is 5.75 Å². The fraction of sp³-hybridized carbons (Fsp3) is 0.364. The van der Waals surface area contributed by atoms with Crippen LogP contribution in [-0.4, -0.2) is 11.9 Å². The molecule has 0 amide bonds. The third-order valence-electron chi connectivity index (χ3n) is 2.39. The molecule has 0 saturated heterocycles. The Labute approximate surface area is 77.5 Å². The molecule has 1 aromatic rings. The van der Waals surface area contributed by atoms with Crippen LogP contribution in [0.15, 0.2) is 18.2 Å². The Balaban J connectivity index is 2.48. The van der Waals surface area contributed by atoms with Crippen molar-refractivity contribution in [2.24, 2.45) is 0 Å². The van der Waals surface area contributed by atoms with Crippen LogP contribution >= 0.6 is 0 Å². The fourth-order valence-electron chi connectivity index (χ4n) is 1.56. The summed E-state index contributed by atoms with van der Waals surface area (Å²) in [7, 11) is 0. The first kappa shape index (κ1) is 8.30. The van der Waals surface area contributed by atoms with Crippen molar-refractivity contribution in [1.29, 1.82) is 0 Å². The molecule has 2 rings (SSSR count). The third kappa shape index (κ3) is 1.22. The lowest BCUT2D eigenvalue weighted by Crippen LogP contribution is -2.14. The molecular formula is C11H12O2. The quantitative estimate of drug-likeness (QED) is 0.655. The molecule has 0 N–H and O–H groups in total. The Kier molecular flexibility index (Phi) is 1.83. The molecule has 0 fully saturated rings. The smallest absolute Gasteiger partial charge is 0.206 e. The molecule has 0 aromatic heterocycles. The number of fused-ring (bicyclic) bond motifs is 1. The lowest BCUT2D eigenvalue weighted by atomic mass is 10.0. The monoisotopic (exact) mass is 176 g/mol. The number of hydrogen-bond donors (Lipinski definition) is 0. The van der Waals surface area contributed by atoms with Gasteiger partial charge in [0.25, 0.3) is 0 Å². The van der Waals surface area contributed by atoms with E-state index < -0.39 is 0 Å². The van der Waals surface area contributed by atoms with Gasteiger partial charge in [0.15, 0.2) is 6.10 Å². The van der Waals surface area contributed by atoms with Crippen molar-refractivity contribution in [1.82, 2.24) is 0 Å². The molecule has 1 unspecified atom stereocenters. The lowest BCUT2D eigenvalue weighted by Gasteiger charge is -2.00. The predicted molar refractivity (Wildman–Crippen MR) is 50.2 cm³/mol. The summed E-state index contributed by atoms with van der Waals surface area (Å²) in [4.78, 5) is 11.5. The van der Waals surface area contributed by atoms with Crippen LogP contribution in [0.5, 0.6) is 5.75 Å². The molecule has 0 bridgehead atoms. The highest BCUT2D eigenvalue weighted by atomic mass is 16.5. The van der Waals surface area contributed by atoms with Crippen molar-refractivity contribution in [2.45, 2.75) is 26.4 Å². The summed E-state index contributed by atoms with van der Waals surface area (Å²) in [5.74, 6) is 0.833.